The van der Waals surface area contributed by atoms with Crippen LogP contribution < -0.4 is 16.0 Å². The third-order valence-corrected chi connectivity index (χ3v) is 6.05. The van der Waals surface area contributed by atoms with Crippen LogP contribution >= 0.6 is 0 Å². The maximum Gasteiger partial charge on any atom is 0.215 e. The van der Waals surface area contributed by atoms with Crippen molar-refractivity contribution in [2.75, 3.05) is 30.3 Å². The lowest BCUT2D eigenvalue weighted by atomic mass is 10.0. The van der Waals surface area contributed by atoms with E-state index in [2.05, 4.69) is 32.3 Å². The van der Waals surface area contributed by atoms with Crippen LogP contribution in [0.25, 0.3) is 11.1 Å². The summed E-state index contributed by atoms with van der Waals surface area (Å²) in [5, 5.41) is 13.7. The van der Waals surface area contributed by atoms with E-state index in [9.17, 15) is 9.90 Å². The number of nitrogen functional groups attached to an aromatic ring is 1. The fraction of sp³-hybridized carbons (Fsp3) is 0.148. The highest BCUT2D eigenvalue weighted by atomic mass is 16.3. The van der Waals surface area contributed by atoms with Gasteiger partial charge < -0.3 is 21.1 Å². The van der Waals surface area contributed by atoms with E-state index in [4.69, 9.17) is 5.73 Å². The molecule has 0 aliphatic carbocycles. The molecule has 1 fully saturated rings. The summed E-state index contributed by atoms with van der Waals surface area (Å²) in [5.74, 6) is 0.678. The number of hydrogen-bond donors (Lipinski definition) is 3. The zero-order valence-electron chi connectivity index (χ0n) is 18.6. The van der Waals surface area contributed by atoms with Crippen molar-refractivity contribution in [2.45, 2.75) is 6.04 Å². The molecule has 1 unspecified atom stereocenters. The lowest BCUT2D eigenvalue weighted by Crippen LogP contribution is -2.46. The first-order chi connectivity index (χ1) is 16.6. The van der Waals surface area contributed by atoms with E-state index in [1.807, 2.05) is 36.4 Å². The number of hydrogen-bond acceptors (Lipinski definition) is 7. The smallest absolute Gasteiger partial charge is 0.215 e. The van der Waals surface area contributed by atoms with Crippen molar-refractivity contribution in [2.24, 2.45) is 0 Å². The molecule has 0 bridgehead atoms. The van der Waals surface area contributed by atoms with Gasteiger partial charge in [-0.25, -0.2) is 9.97 Å². The summed E-state index contributed by atoms with van der Waals surface area (Å²) in [5.41, 5.74) is 9.04. The van der Waals surface area contributed by atoms with E-state index >= 15 is 0 Å². The van der Waals surface area contributed by atoms with Crippen LogP contribution in [0.3, 0.4) is 0 Å². The molecule has 0 spiro atoms. The fourth-order valence-corrected chi connectivity index (χ4v) is 4.25. The Morgan fingerprint density at radius 1 is 1.03 bits per heavy atom. The molecule has 0 radical (unpaired) electrons. The van der Waals surface area contributed by atoms with E-state index in [-0.39, 0.29) is 29.0 Å². The van der Waals surface area contributed by atoms with Gasteiger partial charge in [0.15, 0.2) is 0 Å². The van der Waals surface area contributed by atoms with E-state index in [0.717, 1.165) is 25.5 Å². The molecule has 5 rings (SSSR count). The molecule has 2 aromatic heterocycles. The Balaban J connectivity index is 1.42. The topological polar surface area (TPSA) is 104 Å². The number of pyridine rings is 2. The van der Waals surface area contributed by atoms with Gasteiger partial charge in [0, 0.05) is 43.0 Å². The molecule has 4 N–H and O–H groups in total. The summed E-state index contributed by atoms with van der Waals surface area (Å²) in [6.07, 6.45) is 1.55. The SMILES string of the molecule is Nc1ncc(-c2ccccc2O)cc1C(=O)c1cccc(N2CCNC(c3ccccc3)C2)n1. The van der Waals surface area contributed by atoms with Gasteiger partial charge in [0.05, 0.1) is 5.56 Å². The van der Waals surface area contributed by atoms with Crippen LogP contribution in [0.2, 0.25) is 0 Å². The molecule has 34 heavy (non-hydrogen) atoms. The van der Waals surface area contributed by atoms with Crippen molar-refractivity contribution < 1.29 is 9.90 Å². The molecule has 0 saturated carbocycles. The molecule has 1 atom stereocenters. The normalized spacial score (nSPS) is 15.8. The number of nitrogens with one attached hydrogen (secondary N) is 1. The van der Waals surface area contributed by atoms with Crippen LogP contribution in [0.5, 0.6) is 5.75 Å². The third-order valence-electron chi connectivity index (χ3n) is 6.05. The number of carbonyl (C=O) groups is 1. The second-order valence-electron chi connectivity index (χ2n) is 8.25. The second-order valence-corrected chi connectivity index (χ2v) is 8.25. The predicted octanol–water partition coefficient (Wildman–Crippen LogP) is 3.81. The zero-order chi connectivity index (χ0) is 23.5. The highest BCUT2D eigenvalue weighted by molar-refractivity contribution is 6.11. The highest BCUT2D eigenvalue weighted by Crippen LogP contribution is 2.30. The van der Waals surface area contributed by atoms with Gasteiger partial charge in [-0.05, 0) is 29.8 Å². The number of para-hydroxylation sites is 1. The van der Waals surface area contributed by atoms with E-state index in [0.29, 0.717) is 16.8 Å². The first kappa shape index (κ1) is 21.6. The number of benzene rings is 2. The van der Waals surface area contributed by atoms with Crippen LogP contribution in [-0.4, -0.2) is 40.5 Å². The van der Waals surface area contributed by atoms with Gasteiger partial charge in [0.25, 0.3) is 0 Å². The quantitative estimate of drug-likeness (QED) is 0.396. The number of rotatable bonds is 5. The average molecular weight is 452 g/mol. The number of nitrogens with two attached hydrogens (primary N) is 1. The predicted molar refractivity (Wildman–Crippen MR) is 133 cm³/mol. The number of carbonyl (C=O) groups excluding carboxylic acids is 1. The molecule has 4 aromatic rings. The van der Waals surface area contributed by atoms with Crippen LogP contribution in [0.15, 0.2) is 85.1 Å². The number of nitrogens with zero attached hydrogens (tertiary/aromatic N) is 3. The minimum Gasteiger partial charge on any atom is -0.507 e. The number of anilines is 2. The number of phenols is 1. The summed E-state index contributed by atoms with van der Waals surface area (Å²) >= 11 is 0. The van der Waals surface area contributed by atoms with Crippen molar-refractivity contribution in [1.29, 1.82) is 0 Å². The lowest BCUT2D eigenvalue weighted by Gasteiger charge is -2.35. The first-order valence-electron chi connectivity index (χ1n) is 11.2. The van der Waals surface area contributed by atoms with Crippen molar-refractivity contribution in [1.82, 2.24) is 15.3 Å². The van der Waals surface area contributed by atoms with E-state index in [1.54, 1.807) is 36.5 Å². The minimum atomic E-state index is -0.307. The lowest BCUT2D eigenvalue weighted by molar-refractivity contribution is 0.103. The van der Waals surface area contributed by atoms with Gasteiger partial charge in [-0.2, -0.15) is 0 Å². The molecule has 2 aromatic carbocycles. The van der Waals surface area contributed by atoms with Crippen molar-refractivity contribution in [3.05, 3.63) is 102 Å². The third kappa shape index (κ3) is 4.33. The fourth-order valence-electron chi connectivity index (χ4n) is 4.25. The van der Waals surface area contributed by atoms with Crippen LogP contribution in [0.1, 0.15) is 27.7 Å². The molecule has 1 aliphatic rings. The molecule has 1 saturated heterocycles. The molecule has 3 heterocycles. The van der Waals surface area contributed by atoms with E-state index in [1.165, 1.54) is 5.56 Å². The molecule has 1 aliphatic heterocycles. The van der Waals surface area contributed by atoms with Crippen LogP contribution in [0, 0.1) is 0 Å². The number of aromatic nitrogens is 2. The Labute approximate surface area is 197 Å². The summed E-state index contributed by atoms with van der Waals surface area (Å²) in [4.78, 5) is 24.4. The van der Waals surface area contributed by atoms with Crippen LogP contribution in [-0.2, 0) is 0 Å². The first-order valence-corrected chi connectivity index (χ1v) is 11.2. The maximum absolute atomic E-state index is 13.4. The molecule has 0 amide bonds. The second kappa shape index (κ2) is 9.33. The summed E-state index contributed by atoms with van der Waals surface area (Å²) < 4.78 is 0. The van der Waals surface area contributed by atoms with Gasteiger partial charge >= 0.3 is 0 Å². The zero-order valence-corrected chi connectivity index (χ0v) is 18.6. The molecular formula is C27H25N5O2. The Bertz CT molecular complexity index is 1330. The summed E-state index contributed by atoms with van der Waals surface area (Å²) in [7, 11) is 0. The van der Waals surface area contributed by atoms with E-state index < -0.39 is 0 Å². The average Bonchev–Trinajstić information content (AvgIpc) is 2.90. The largest absolute Gasteiger partial charge is 0.507 e. The maximum atomic E-state index is 13.4. The molecular weight excluding hydrogens is 426 g/mol. The molecule has 170 valence electrons. The van der Waals surface area contributed by atoms with Crippen molar-refractivity contribution in [3.8, 4) is 16.9 Å². The number of phenolic OH excluding ortho intramolecular Hbond substituents is 1. The van der Waals surface area contributed by atoms with Gasteiger partial charge in [-0.1, -0.05) is 54.6 Å². The van der Waals surface area contributed by atoms with Crippen molar-refractivity contribution in [3.63, 3.8) is 0 Å². The molecule has 7 nitrogen and oxygen atoms in total. The van der Waals surface area contributed by atoms with Gasteiger partial charge in [0.2, 0.25) is 5.78 Å². The Morgan fingerprint density at radius 3 is 2.65 bits per heavy atom. The number of aromatic hydroxyl groups is 1. The van der Waals surface area contributed by atoms with Gasteiger partial charge in [-0.3, -0.25) is 4.79 Å². The number of ketones is 1. The summed E-state index contributed by atoms with van der Waals surface area (Å²) in [6.45, 7) is 2.36. The minimum absolute atomic E-state index is 0.110. The molecule has 7 heteroatoms. The Morgan fingerprint density at radius 2 is 1.82 bits per heavy atom. The monoisotopic (exact) mass is 451 g/mol. The van der Waals surface area contributed by atoms with Gasteiger partial charge in [0.1, 0.15) is 23.1 Å². The van der Waals surface area contributed by atoms with Crippen LogP contribution in [0.4, 0.5) is 11.6 Å². The van der Waals surface area contributed by atoms with Gasteiger partial charge in [-0.15, -0.1) is 0 Å². The Hall–Kier alpha value is -4.23. The number of piperazine rings is 1. The highest BCUT2D eigenvalue weighted by Gasteiger charge is 2.23. The standard InChI is InChI=1S/C27H25N5O2/c28-27-21(15-19(16-30-27)20-9-4-5-11-24(20)33)26(34)22-10-6-12-25(31-22)32-14-13-29-23(17-32)18-7-2-1-3-8-18/h1-12,15-16,23,29,33H,13-14,17H2,(H2,28,30). The van der Waals surface area contributed by atoms with Crippen molar-refractivity contribution >= 4 is 17.4 Å². The Kier molecular flexibility index (Phi) is 5.93. The summed E-state index contributed by atoms with van der Waals surface area (Å²) in [6, 6.07) is 24.5.